The first kappa shape index (κ1) is 17.7. The van der Waals surface area contributed by atoms with Crippen LogP contribution < -0.4 is 0 Å². The number of nitrogens with zero attached hydrogens (tertiary/aromatic N) is 1. The summed E-state index contributed by atoms with van der Waals surface area (Å²) in [4.78, 5) is 14.7. The van der Waals surface area contributed by atoms with E-state index in [1.54, 1.807) is 0 Å². The Kier molecular flexibility index (Phi) is 7.44. The number of carbonyl (C=O) groups is 1. The number of esters is 1. The normalized spacial score (nSPS) is 22.1. The molecule has 1 aliphatic heterocycles. The summed E-state index contributed by atoms with van der Waals surface area (Å²) in [6, 6.07) is 10.3. The summed E-state index contributed by atoms with van der Waals surface area (Å²) < 4.78 is 5.34. The second kappa shape index (κ2) is 8.83. The van der Waals surface area contributed by atoms with Crippen LogP contribution in [0.15, 0.2) is 30.3 Å². The van der Waals surface area contributed by atoms with E-state index in [4.69, 9.17) is 4.74 Å². The predicted octanol–water partition coefficient (Wildman–Crippen LogP) is 3.53. The molecule has 0 saturated carbocycles. The van der Waals surface area contributed by atoms with E-state index in [1.165, 1.54) is 5.56 Å². The van der Waals surface area contributed by atoms with Crippen molar-refractivity contribution in [3.05, 3.63) is 35.9 Å². The minimum absolute atomic E-state index is 0.0367. The van der Waals surface area contributed by atoms with Crippen LogP contribution in [0.1, 0.15) is 39.2 Å². The zero-order valence-corrected chi connectivity index (χ0v) is 13.9. The van der Waals surface area contributed by atoms with E-state index in [-0.39, 0.29) is 11.4 Å². The average Bonchev–Trinajstić information content (AvgIpc) is 2.50. The molecule has 1 aromatic rings. The van der Waals surface area contributed by atoms with Crippen molar-refractivity contribution in [2.75, 3.05) is 26.7 Å². The molecule has 1 heterocycles. The van der Waals surface area contributed by atoms with Gasteiger partial charge in [0, 0.05) is 6.54 Å². The lowest BCUT2D eigenvalue weighted by atomic mass is 9.75. The van der Waals surface area contributed by atoms with Crippen LogP contribution in [0.5, 0.6) is 0 Å². The van der Waals surface area contributed by atoms with E-state index in [0.29, 0.717) is 6.61 Å². The van der Waals surface area contributed by atoms with Crippen molar-refractivity contribution < 1.29 is 9.53 Å². The first-order chi connectivity index (χ1) is 10.2. The molecule has 0 spiro atoms. The van der Waals surface area contributed by atoms with Gasteiger partial charge in [-0.2, -0.15) is 0 Å². The van der Waals surface area contributed by atoms with Crippen molar-refractivity contribution in [1.82, 2.24) is 4.90 Å². The van der Waals surface area contributed by atoms with Gasteiger partial charge in [-0.15, -0.1) is 0 Å². The standard InChI is InChI=1S/C16H23NO2.C2H6/c1-3-19-15(18)16(10-7-11-17(2)13-16)12-14-8-5-4-6-9-14;1-2/h4-6,8-9H,3,7,10-13H2,1-2H3;1-2H3. The highest BCUT2D eigenvalue weighted by Crippen LogP contribution is 2.34. The SMILES string of the molecule is CC.CCOC(=O)C1(Cc2ccccc2)CCCN(C)C1. The summed E-state index contributed by atoms with van der Waals surface area (Å²) in [7, 11) is 2.08. The third kappa shape index (κ3) is 4.85. The number of ether oxygens (including phenoxy) is 1. The maximum absolute atomic E-state index is 12.4. The van der Waals surface area contributed by atoms with Crippen LogP contribution in [0, 0.1) is 5.41 Å². The monoisotopic (exact) mass is 291 g/mol. The number of piperidine rings is 1. The van der Waals surface area contributed by atoms with Crippen LogP contribution in [0.3, 0.4) is 0 Å². The number of likely N-dealkylation sites (tertiary alicyclic amines) is 1. The summed E-state index contributed by atoms with van der Waals surface area (Å²) in [6.45, 7) is 8.19. The quantitative estimate of drug-likeness (QED) is 0.795. The molecule has 0 aliphatic carbocycles. The Hall–Kier alpha value is -1.35. The molecular weight excluding hydrogens is 262 g/mol. The molecule has 1 atom stereocenters. The maximum atomic E-state index is 12.4. The third-order valence-electron chi connectivity index (χ3n) is 3.86. The molecule has 1 aromatic carbocycles. The highest BCUT2D eigenvalue weighted by atomic mass is 16.5. The van der Waals surface area contributed by atoms with Gasteiger partial charge >= 0.3 is 5.97 Å². The Bertz CT molecular complexity index is 418. The molecule has 0 bridgehead atoms. The van der Waals surface area contributed by atoms with Crippen molar-refractivity contribution >= 4 is 5.97 Å². The second-order valence-electron chi connectivity index (χ2n) is 5.50. The molecule has 1 saturated heterocycles. The zero-order valence-electron chi connectivity index (χ0n) is 13.9. The van der Waals surface area contributed by atoms with Crippen LogP contribution in [0.4, 0.5) is 0 Å². The number of hydrogen-bond donors (Lipinski definition) is 0. The Morgan fingerprint density at radius 2 is 1.95 bits per heavy atom. The van der Waals surface area contributed by atoms with Crippen molar-refractivity contribution in [1.29, 1.82) is 0 Å². The Labute approximate surface area is 129 Å². The molecule has 0 radical (unpaired) electrons. The number of rotatable bonds is 4. The summed E-state index contributed by atoms with van der Waals surface area (Å²) in [6.07, 6.45) is 2.75. The van der Waals surface area contributed by atoms with Gasteiger partial charge in [-0.25, -0.2) is 0 Å². The molecule has 2 rings (SSSR count). The van der Waals surface area contributed by atoms with E-state index in [1.807, 2.05) is 39.0 Å². The van der Waals surface area contributed by atoms with Gasteiger partial charge in [0.15, 0.2) is 0 Å². The van der Waals surface area contributed by atoms with E-state index < -0.39 is 0 Å². The lowest BCUT2D eigenvalue weighted by Gasteiger charge is -2.39. The Balaban J connectivity index is 0.00000106. The average molecular weight is 291 g/mol. The highest BCUT2D eigenvalue weighted by Gasteiger charge is 2.42. The minimum atomic E-state index is -0.371. The molecule has 3 heteroatoms. The van der Waals surface area contributed by atoms with Crippen LogP contribution in [0.25, 0.3) is 0 Å². The topological polar surface area (TPSA) is 29.5 Å². The van der Waals surface area contributed by atoms with Crippen molar-refractivity contribution in [2.24, 2.45) is 5.41 Å². The highest BCUT2D eigenvalue weighted by molar-refractivity contribution is 5.77. The van der Waals surface area contributed by atoms with Crippen LogP contribution in [0.2, 0.25) is 0 Å². The fourth-order valence-electron chi connectivity index (χ4n) is 3.02. The second-order valence-corrected chi connectivity index (χ2v) is 5.50. The third-order valence-corrected chi connectivity index (χ3v) is 3.86. The van der Waals surface area contributed by atoms with Gasteiger partial charge in [-0.3, -0.25) is 4.79 Å². The number of benzene rings is 1. The first-order valence-electron chi connectivity index (χ1n) is 8.06. The smallest absolute Gasteiger partial charge is 0.313 e. The largest absolute Gasteiger partial charge is 0.466 e. The lowest BCUT2D eigenvalue weighted by molar-refractivity contribution is -0.158. The molecule has 118 valence electrons. The summed E-state index contributed by atoms with van der Waals surface area (Å²) in [5.74, 6) is -0.0367. The summed E-state index contributed by atoms with van der Waals surface area (Å²) in [5.41, 5.74) is 0.843. The first-order valence-corrected chi connectivity index (χ1v) is 8.06. The van der Waals surface area contributed by atoms with E-state index in [9.17, 15) is 4.79 Å². The molecule has 1 unspecified atom stereocenters. The van der Waals surface area contributed by atoms with Crippen LogP contribution in [-0.2, 0) is 16.0 Å². The molecule has 21 heavy (non-hydrogen) atoms. The van der Waals surface area contributed by atoms with Crippen molar-refractivity contribution in [3.63, 3.8) is 0 Å². The molecule has 0 N–H and O–H groups in total. The molecule has 1 fully saturated rings. The lowest BCUT2D eigenvalue weighted by Crippen LogP contribution is -2.48. The minimum Gasteiger partial charge on any atom is -0.466 e. The van der Waals surface area contributed by atoms with Gasteiger partial charge in [-0.05, 0) is 45.3 Å². The molecular formula is C18H29NO2. The van der Waals surface area contributed by atoms with E-state index in [0.717, 1.165) is 32.4 Å². The molecule has 3 nitrogen and oxygen atoms in total. The predicted molar refractivity (Wildman–Crippen MR) is 87.3 cm³/mol. The van der Waals surface area contributed by atoms with Gasteiger partial charge < -0.3 is 9.64 Å². The van der Waals surface area contributed by atoms with Gasteiger partial charge in [0.05, 0.1) is 12.0 Å². The van der Waals surface area contributed by atoms with Crippen LogP contribution >= 0.6 is 0 Å². The Morgan fingerprint density at radius 1 is 1.29 bits per heavy atom. The fourth-order valence-corrected chi connectivity index (χ4v) is 3.02. The molecule has 0 amide bonds. The summed E-state index contributed by atoms with van der Waals surface area (Å²) in [5, 5.41) is 0. The van der Waals surface area contributed by atoms with Crippen molar-refractivity contribution in [3.8, 4) is 0 Å². The van der Waals surface area contributed by atoms with Gasteiger partial charge in [-0.1, -0.05) is 44.2 Å². The Morgan fingerprint density at radius 3 is 2.52 bits per heavy atom. The number of hydrogen-bond acceptors (Lipinski definition) is 3. The van der Waals surface area contributed by atoms with E-state index in [2.05, 4.69) is 24.1 Å². The fraction of sp³-hybridized carbons (Fsp3) is 0.611. The van der Waals surface area contributed by atoms with E-state index >= 15 is 0 Å². The zero-order chi connectivity index (χ0) is 15.7. The van der Waals surface area contributed by atoms with Gasteiger partial charge in [0.25, 0.3) is 0 Å². The van der Waals surface area contributed by atoms with Gasteiger partial charge in [0.2, 0.25) is 0 Å². The van der Waals surface area contributed by atoms with Crippen molar-refractivity contribution in [2.45, 2.75) is 40.0 Å². The van der Waals surface area contributed by atoms with Crippen LogP contribution in [-0.4, -0.2) is 37.6 Å². The van der Waals surface area contributed by atoms with Gasteiger partial charge in [0.1, 0.15) is 0 Å². The summed E-state index contributed by atoms with van der Waals surface area (Å²) >= 11 is 0. The maximum Gasteiger partial charge on any atom is 0.313 e. The molecule has 1 aliphatic rings. The molecule has 0 aromatic heterocycles. The number of carbonyl (C=O) groups excluding carboxylic acids is 1.